The number of sulfonamides is 1. The molecule has 0 bridgehead atoms. The Labute approximate surface area is 251 Å². The number of amides is 2. The van der Waals surface area contributed by atoms with Crippen LogP contribution in [0.15, 0.2) is 71.6 Å². The highest BCUT2D eigenvalue weighted by atomic mass is 35.5. The molecule has 3 rings (SSSR count). The minimum absolute atomic E-state index is 0.0183. The average molecular weight is 625 g/mol. The summed E-state index contributed by atoms with van der Waals surface area (Å²) in [4.78, 5) is 28.6. The Hall–Kier alpha value is -2.78. The molecule has 11 heteroatoms. The highest BCUT2D eigenvalue weighted by molar-refractivity contribution is 7.92. The van der Waals surface area contributed by atoms with Gasteiger partial charge in [-0.25, -0.2) is 8.42 Å². The lowest BCUT2D eigenvalue weighted by Crippen LogP contribution is -2.52. The van der Waals surface area contributed by atoms with Crippen LogP contribution in [0.4, 0.5) is 5.69 Å². The molecule has 0 unspecified atom stereocenters. The van der Waals surface area contributed by atoms with Crippen LogP contribution in [0, 0.1) is 6.92 Å². The quantitative estimate of drug-likeness (QED) is 0.250. The van der Waals surface area contributed by atoms with E-state index in [-0.39, 0.29) is 17.3 Å². The van der Waals surface area contributed by atoms with Crippen LogP contribution >= 0.6 is 34.8 Å². The standard InChI is InChI=1S/C29H32Cl3N3O4S/c1-4-15-33-29(37)27(5-2)34(18-21-9-10-23(31)17-26(21)32)28(36)19-35(24-8-6-7-20(3)16-24)40(38,39)25-13-11-22(30)12-14-25/h6-14,16-17,27H,4-5,15,18-19H2,1-3H3,(H,33,37)/t27-/m1/s1. The second-order valence-corrected chi connectivity index (χ2v) is 12.4. The van der Waals surface area contributed by atoms with E-state index in [0.717, 1.165) is 16.3 Å². The van der Waals surface area contributed by atoms with Crippen molar-refractivity contribution in [1.29, 1.82) is 0 Å². The minimum atomic E-state index is -4.19. The third-order valence-electron chi connectivity index (χ3n) is 6.26. The summed E-state index contributed by atoms with van der Waals surface area (Å²) in [5.41, 5.74) is 1.71. The van der Waals surface area contributed by atoms with Crippen LogP contribution in [-0.2, 0) is 26.2 Å². The van der Waals surface area contributed by atoms with Crippen molar-refractivity contribution in [1.82, 2.24) is 10.2 Å². The van der Waals surface area contributed by atoms with E-state index in [0.29, 0.717) is 39.3 Å². The largest absolute Gasteiger partial charge is 0.354 e. The Balaban J connectivity index is 2.07. The molecule has 0 radical (unpaired) electrons. The molecule has 3 aromatic carbocycles. The summed E-state index contributed by atoms with van der Waals surface area (Å²) in [6, 6.07) is 16.6. The van der Waals surface area contributed by atoms with Gasteiger partial charge >= 0.3 is 0 Å². The van der Waals surface area contributed by atoms with E-state index in [9.17, 15) is 18.0 Å². The number of hydrogen-bond donors (Lipinski definition) is 1. The van der Waals surface area contributed by atoms with Crippen LogP contribution in [0.25, 0.3) is 0 Å². The van der Waals surface area contributed by atoms with Crippen LogP contribution in [0.3, 0.4) is 0 Å². The lowest BCUT2D eigenvalue weighted by molar-refractivity contribution is -0.140. The van der Waals surface area contributed by atoms with Crippen molar-refractivity contribution in [2.75, 3.05) is 17.4 Å². The molecule has 1 N–H and O–H groups in total. The number of carbonyl (C=O) groups is 2. The molecule has 0 heterocycles. The summed E-state index contributed by atoms with van der Waals surface area (Å²) in [7, 11) is -4.19. The first kappa shape index (κ1) is 31.7. The fourth-order valence-corrected chi connectivity index (χ4v) is 6.16. The fourth-order valence-electron chi connectivity index (χ4n) is 4.16. The van der Waals surface area contributed by atoms with Gasteiger partial charge in [-0.05, 0) is 79.4 Å². The van der Waals surface area contributed by atoms with E-state index in [4.69, 9.17) is 34.8 Å². The Bertz CT molecular complexity index is 1450. The van der Waals surface area contributed by atoms with Gasteiger partial charge < -0.3 is 10.2 Å². The number of hydrogen-bond acceptors (Lipinski definition) is 4. The van der Waals surface area contributed by atoms with Crippen molar-refractivity contribution in [2.24, 2.45) is 0 Å². The van der Waals surface area contributed by atoms with Gasteiger partial charge in [0.15, 0.2) is 0 Å². The van der Waals surface area contributed by atoms with E-state index < -0.39 is 28.5 Å². The average Bonchev–Trinajstić information content (AvgIpc) is 2.91. The number of benzene rings is 3. The van der Waals surface area contributed by atoms with Crippen LogP contribution in [-0.4, -0.2) is 44.3 Å². The van der Waals surface area contributed by atoms with E-state index in [2.05, 4.69) is 5.32 Å². The van der Waals surface area contributed by atoms with Gasteiger partial charge in [0, 0.05) is 28.2 Å². The summed E-state index contributed by atoms with van der Waals surface area (Å²) in [6.07, 6.45) is 1.03. The van der Waals surface area contributed by atoms with Crippen LogP contribution in [0.1, 0.15) is 37.8 Å². The maximum absolute atomic E-state index is 14.1. The van der Waals surface area contributed by atoms with Crippen LogP contribution < -0.4 is 9.62 Å². The zero-order valence-corrected chi connectivity index (χ0v) is 25.6. The molecule has 7 nitrogen and oxygen atoms in total. The molecule has 2 amide bonds. The van der Waals surface area contributed by atoms with Gasteiger partial charge in [-0.15, -0.1) is 0 Å². The van der Waals surface area contributed by atoms with Gasteiger partial charge in [0.05, 0.1) is 10.6 Å². The normalized spacial score (nSPS) is 12.1. The Kier molecular flexibility index (Phi) is 11.3. The number of anilines is 1. The molecular weight excluding hydrogens is 593 g/mol. The Morgan fingerprint density at radius 1 is 0.925 bits per heavy atom. The van der Waals surface area contributed by atoms with Gasteiger partial charge in [-0.1, -0.05) is 66.8 Å². The molecule has 0 aliphatic heterocycles. The number of nitrogens with one attached hydrogen (secondary N) is 1. The maximum atomic E-state index is 14.1. The molecule has 0 saturated carbocycles. The number of halogens is 3. The molecule has 3 aromatic rings. The molecule has 0 aliphatic rings. The zero-order chi connectivity index (χ0) is 29.4. The van der Waals surface area contributed by atoms with E-state index in [1.807, 2.05) is 19.9 Å². The lowest BCUT2D eigenvalue weighted by Gasteiger charge is -2.33. The zero-order valence-electron chi connectivity index (χ0n) is 22.5. The van der Waals surface area contributed by atoms with E-state index in [1.165, 1.54) is 29.2 Å². The van der Waals surface area contributed by atoms with E-state index >= 15 is 0 Å². The molecule has 40 heavy (non-hydrogen) atoms. The van der Waals surface area contributed by atoms with Gasteiger partial charge in [-0.3, -0.25) is 13.9 Å². The second kappa shape index (κ2) is 14.2. The molecular formula is C29H32Cl3N3O4S. The van der Waals surface area contributed by atoms with Crippen molar-refractivity contribution in [2.45, 2.75) is 51.1 Å². The smallest absolute Gasteiger partial charge is 0.264 e. The number of nitrogens with zero attached hydrogens (tertiary/aromatic N) is 2. The fraction of sp³-hybridized carbons (Fsp3) is 0.310. The van der Waals surface area contributed by atoms with Crippen LogP contribution in [0.2, 0.25) is 15.1 Å². The SMILES string of the molecule is CCCNC(=O)[C@@H](CC)N(Cc1ccc(Cl)cc1Cl)C(=O)CN(c1cccc(C)c1)S(=O)(=O)c1ccc(Cl)cc1. The Morgan fingerprint density at radius 3 is 2.20 bits per heavy atom. The van der Waals surface area contributed by atoms with Gasteiger partial charge in [-0.2, -0.15) is 0 Å². The summed E-state index contributed by atoms with van der Waals surface area (Å²) >= 11 is 18.5. The molecule has 0 aromatic heterocycles. The third-order valence-corrected chi connectivity index (χ3v) is 8.89. The maximum Gasteiger partial charge on any atom is 0.264 e. The first-order chi connectivity index (χ1) is 19.0. The van der Waals surface area contributed by atoms with Crippen molar-refractivity contribution in [3.05, 3.63) is 92.9 Å². The monoisotopic (exact) mass is 623 g/mol. The summed E-state index contributed by atoms with van der Waals surface area (Å²) in [5, 5.41) is 3.99. The van der Waals surface area contributed by atoms with Crippen LogP contribution in [0.5, 0.6) is 0 Å². The first-order valence-electron chi connectivity index (χ1n) is 12.8. The summed E-state index contributed by atoms with van der Waals surface area (Å²) in [5.74, 6) is -0.894. The molecule has 0 fully saturated rings. The second-order valence-electron chi connectivity index (χ2n) is 9.28. The van der Waals surface area contributed by atoms with Gasteiger partial charge in [0.1, 0.15) is 12.6 Å². The highest BCUT2D eigenvalue weighted by Gasteiger charge is 2.34. The highest BCUT2D eigenvalue weighted by Crippen LogP contribution is 2.28. The van der Waals surface area contributed by atoms with Crippen molar-refractivity contribution in [3.8, 4) is 0 Å². The molecule has 0 saturated heterocycles. The molecule has 0 aliphatic carbocycles. The molecule has 0 spiro atoms. The van der Waals surface area contributed by atoms with Gasteiger partial charge in [0.2, 0.25) is 11.8 Å². The van der Waals surface area contributed by atoms with E-state index in [1.54, 1.807) is 43.3 Å². The van der Waals surface area contributed by atoms with Gasteiger partial charge in [0.25, 0.3) is 10.0 Å². The molecule has 1 atom stereocenters. The topological polar surface area (TPSA) is 86.8 Å². The number of aryl methyl sites for hydroxylation is 1. The lowest BCUT2D eigenvalue weighted by atomic mass is 10.1. The summed E-state index contributed by atoms with van der Waals surface area (Å²) < 4.78 is 28.8. The van der Waals surface area contributed by atoms with Crippen molar-refractivity contribution < 1.29 is 18.0 Å². The predicted octanol–water partition coefficient (Wildman–Crippen LogP) is 6.48. The summed E-state index contributed by atoms with van der Waals surface area (Å²) in [6.45, 7) is 5.44. The predicted molar refractivity (Wildman–Crippen MR) is 162 cm³/mol. The number of carbonyl (C=O) groups excluding carboxylic acids is 2. The Morgan fingerprint density at radius 2 is 1.60 bits per heavy atom. The first-order valence-corrected chi connectivity index (χ1v) is 15.4. The number of rotatable bonds is 12. The van der Waals surface area contributed by atoms with Crippen molar-refractivity contribution in [3.63, 3.8) is 0 Å². The minimum Gasteiger partial charge on any atom is -0.354 e. The molecule has 214 valence electrons. The third kappa shape index (κ3) is 7.91. The van der Waals surface area contributed by atoms with Crippen molar-refractivity contribution >= 4 is 62.3 Å².